The van der Waals surface area contributed by atoms with E-state index in [4.69, 9.17) is 5.73 Å². The van der Waals surface area contributed by atoms with Gasteiger partial charge in [-0.2, -0.15) is 0 Å². The van der Waals surface area contributed by atoms with Gasteiger partial charge in [-0.25, -0.2) is 4.39 Å². The van der Waals surface area contributed by atoms with Crippen molar-refractivity contribution in [3.8, 4) is 22.3 Å². The van der Waals surface area contributed by atoms with Crippen LogP contribution in [0.2, 0.25) is 0 Å². The number of anilines is 1. The zero-order valence-corrected chi connectivity index (χ0v) is 11.8. The maximum Gasteiger partial charge on any atom is 0.123 e. The molecule has 3 aromatic rings. The number of halogens is 1. The lowest BCUT2D eigenvalue weighted by Crippen LogP contribution is -1.92. The highest BCUT2D eigenvalue weighted by Crippen LogP contribution is 2.35. The number of rotatable bonds is 2. The van der Waals surface area contributed by atoms with E-state index in [1.807, 2.05) is 49.4 Å². The highest BCUT2D eigenvalue weighted by atomic mass is 19.1. The Balaban J connectivity index is 2.25. The summed E-state index contributed by atoms with van der Waals surface area (Å²) in [6.07, 6.45) is 0. The van der Waals surface area contributed by atoms with E-state index in [0.29, 0.717) is 0 Å². The number of aryl methyl sites for hydroxylation is 1. The molecule has 0 radical (unpaired) electrons. The number of nitrogens with two attached hydrogens (primary N) is 1. The average Bonchev–Trinajstić information content (AvgIpc) is 2.47. The van der Waals surface area contributed by atoms with Gasteiger partial charge in [-0.3, -0.25) is 0 Å². The minimum atomic E-state index is -0.236. The standard InChI is InChI=1S/C19H16FN/c1-13-9-10-16(14-5-4-6-15(20)12-14)18(11-13)17-7-2-3-8-19(17)21/h2-12H,21H2,1H3. The number of benzene rings is 3. The normalized spacial score (nSPS) is 10.6. The van der Waals surface area contributed by atoms with Crippen molar-refractivity contribution in [3.63, 3.8) is 0 Å². The molecule has 0 heterocycles. The fourth-order valence-corrected chi connectivity index (χ4v) is 2.53. The number of hydrogen-bond donors (Lipinski definition) is 1. The van der Waals surface area contributed by atoms with Crippen molar-refractivity contribution in [2.45, 2.75) is 6.92 Å². The first-order valence-corrected chi connectivity index (χ1v) is 6.86. The zero-order valence-electron chi connectivity index (χ0n) is 11.8. The molecule has 0 aliphatic heterocycles. The molecule has 0 bridgehead atoms. The van der Waals surface area contributed by atoms with E-state index in [1.165, 1.54) is 6.07 Å². The molecule has 0 saturated carbocycles. The average molecular weight is 277 g/mol. The summed E-state index contributed by atoms with van der Waals surface area (Å²) >= 11 is 0. The number of hydrogen-bond acceptors (Lipinski definition) is 1. The summed E-state index contributed by atoms with van der Waals surface area (Å²) in [4.78, 5) is 0. The first-order chi connectivity index (χ1) is 10.1. The van der Waals surface area contributed by atoms with E-state index < -0.39 is 0 Å². The molecule has 1 nitrogen and oxygen atoms in total. The molecule has 0 atom stereocenters. The van der Waals surface area contributed by atoms with Gasteiger partial charge in [0.25, 0.3) is 0 Å². The maximum absolute atomic E-state index is 13.5. The highest BCUT2D eigenvalue weighted by molar-refractivity contribution is 5.88. The molecule has 0 spiro atoms. The molecule has 2 N–H and O–H groups in total. The van der Waals surface area contributed by atoms with Gasteiger partial charge in [0.1, 0.15) is 5.82 Å². The first kappa shape index (κ1) is 13.4. The monoisotopic (exact) mass is 277 g/mol. The van der Waals surface area contributed by atoms with Crippen LogP contribution in [0.5, 0.6) is 0 Å². The largest absolute Gasteiger partial charge is 0.398 e. The molecule has 104 valence electrons. The minimum absolute atomic E-state index is 0.236. The second-order valence-electron chi connectivity index (χ2n) is 5.15. The molecule has 0 amide bonds. The van der Waals surface area contributed by atoms with Gasteiger partial charge >= 0.3 is 0 Å². The molecule has 0 saturated heterocycles. The Hall–Kier alpha value is -2.61. The Kier molecular flexibility index (Phi) is 3.44. The summed E-state index contributed by atoms with van der Waals surface area (Å²) in [5.41, 5.74) is 11.8. The van der Waals surface area contributed by atoms with Crippen LogP contribution < -0.4 is 5.73 Å². The van der Waals surface area contributed by atoms with Crippen molar-refractivity contribution in [2.24, 2.45) is 0 Å². The lowest BCUT2D eigenvalue weighted by molar-refractivity contribution is 0.628. The lowest BCUT2D eigenvalue weighted by atomic mass is 9.92. The maximum atomic E-state index is 13.5. The fraction of sp³-hybridized carbons (Fsp3) is 0.0526. The molecule has 0 aliphatic rings. The van der Waals surface area contributed by atoms with Gasteiger partial charge in [0.2, 0.25) is 0 Å². The summed E-state index contributed by atoms with van der Waals surface area (Å²) < 4.78 is 13.5. The lowest BCUT2D eigenvalue weighted by Gasteiger charge is -2.13. The Morgan fingerprint density at radius 1 is 0.762 bits per heavy atom. The van der Waals surface area contributed by atoms with Gasteiger partial charge in [0, 0.05) is 11.3 Å². The molecule has 2 heteroatoms. The molecular weight excluding hydrogens is 261 g/mol. The highest BCUT2D eigenvalue weighted by Gasteiger charge is 2.10. The Morgan fingerprint density at radius 2 is 1.57 bits per heavy atom. The summed E-state index contributed by atoms with van der Waals surface area (Å²) in [5.74, 6) is -0.236. The Labute approximate surface area is 123 Å². The van der Waals surface area contributed by atoms with Crippen LogP contribution in [0.15, 0.2) is 66.7 Å². The summed E-state index contributed by atoms with van der Waals surface area (Å²) in [6, 6.07) is 20.5. The van der Waals surface area contributed by atoms with Gasteiger partial charge in [-0.1, -0.05) is 54.1 Å². The second kappa shape index (κ2) is 5.41. The topological polar surface area (TPSA) is 26.0 Å². The van der Waals surface area contributed by atoms with Crippen LogP contribution in [0.3, 0.4) is 0 Å². The van der Waals surface area contributed by atoms with Crippen LogP contribution in [-0.4, -0.2) is 0 Å². The van der Waals surface area contributed by atoms with Crippen molar-refractivity contribution >= 4 is 5.69 Å². The third-order valence-electron chi connectivity index (χ3n) is 3.56. The second-order valence-corrected chi connectivity index (χ2v) is 5.15. The van der Waals surface area contributed by atoms with Crippen LogP contribution in [0.25, 0.3) is 22.3 Å². The molecule has 0 aromatic heterocycles. The van der Waals surface area contributed by atoms with Crippen molar-refractivity contribution in [3.05, 3.63) is 78.1 Å². The van der Waals surface area contributed by atoms with Crippen LogP contribution in [0.1, 0.15) is 5.56 Å². The first-order valence-electron chi connectivity index (χ1n) is 6.86. The van der Waals surface area contributed by atoms with E-state index in [1.54, 1.807) is 12.1 Å². The van der Waals surface area contributed by atoms with E-state index in [0.717, 1.165) is 33.5 Å². The van der Waals surface area contributed by atoms with Crippen molar-refractivity contribution in [2.75, 3.05) is 5.73 Å². The minimum Gasteiger partial charge on any atom is -0.398 e. The quantitative estimate of drug-likeness (QED) is 0.652. The van der Waals surface area contributed by atoms with E-state index >= 15 is 0 Å². The van der Waals surface area contributed by atoms with Gasteiger partial charge < -0.3 is 5.73 Å². The summed E-state index contributed by atoms with van der Waals surface area (Å²) in [7, 11) is 0. The van der Waals surface area contributed by atoms with Crippen LogP contribution in [0.4, 0.5) is 10.1 Å². The molecule has 21 heavy (non-hydrogen) atoms. The van der Waals surface area contributed by atoms with Gasteiger partial charge in [0.15, 0.2) is 0 Å². The Morgan fingerprint density at radius 3 is 2.33 bits per heavy atom. The van der Waals surface area contributed by atoms with Gasteiger partial charge in [-0.15, -0.1) is 0 Å². The third-order valence-corrected chi connectivity index (χ3v) is 3.56. The van der Waals surface area contributed by atoms with Crippen LogP contribution in [-0.2, 0) is 0 Å². The van der Waals surface area contributed by atoms with Crippen molar-refractivity contribution < 1.29 is 4.39 Å². The molecule has 0 aliphatic carbocycles. The van der Waals surface area contributed by atoms with Gasteiger partial charge in [-0.05, 0) is 41.8 Å². The van der Waals surface area contributed by atoms with E-state index in [-0.39, 0.29) is 5.82 Å². The summed E-state index contributed by atoms with van der Waals surface area (Å²) in [5, 5.41) is 0. The smallest absolute Gasteiger partial charge is 0.123 e. The molecular formula is C19H16FN. The third kappa shape index (κ3) is 2.65. The number of nitrogen functional groups attached to an aromatic ring is 1. The molecule has 0 unspecified atom stereocenters. The number of para-hydroxylation sites is 1. The molecule has 3 rings (SSSR count). The van der Waals surface area contributed by atoms with Crippen molar-refractivity contribution in [1.82, 2.24) is 0 Å². The van der Waals surface area contributed by atoms with Crippen molar-refractivity contribution in [1.29, 1.82) is 0 Å². The summed E-state index contributed by atoms with van der Waals surface area (Å²) in [6.45, 7) is 2.04. The fourth-order valence-electron chi connectivity index (χ4n) is 2.53. The molecule has 0 fully saturated rings. The van der Waals surface area contributed by atoms with Gasteiger partial charge in [0.05, 0.1) is 0 Å². The zero-order chi connectivity index (χ0) is 14.8. The predicted octanol–water partition coefficient (Wildman–Crippen LogP) is 5.05. The SMILES string of the molecule is Cc1ccc(-c2cccc(F)c2)c(-c2ccccc2N)c1. The predicted molar refractivity (Wildman–Crippen MR) is 86.4 cm³/mol. The van der Waals surface area contributed by atoms with Crippen LogP contribution in [0, 0.1) is 12.7 Å². The molecule has 3 aromatic carbocycles. The van der Waals surface area contributed by atoms with E-state index in [2.05, 4.69) is 6.07 Å². The van der Waals surface area contributed by atoms with Crippen LogP contribution >= 0.6 is 0 Å². The van der Waals surface area contributed by atoms with E-state index in [9.17, 15) is 4.39 Å². The Bertz CT molecular complexity index is 793.